The highest BCUT2D eigenvalue weighted by Crippen LogP contribution is 2.33. The molecule has 0 aliphatic heterocycles. The van der Waals surface area contributed by atoms with Crippen molar-refractivity contribution in [1.82, 2.24) is 0 Å². The molecule has 0 radical (unpaired) electrons. The molecule has 4 aromatic carbocycles. The van der Waals surface area contributed by atoms with Gasteiger partial charge in [-0.25, -0.2) is 0 Å². The van der Waals surface area contributed by atoms with Crippen LogP contribution in [0.3, 0.4) is 0 Å². The third-order valence-electron chi connectivity index (χ3n) is 5.91. The van der Waals surface area contributed by atoms with Crippen molar-refractivity contribution in [3.63, 3.8) is 0 Å². The molecule has 29 heavy (non-hydrogen) atoms. The van der Waals surface area contributed by atoms with Gasteiger partial charge in [0.15, 0.2) is 5.78 Å². The third-order valence-corrected chi connectivity index (χ3v) is 5.91. The van der Waals surface area contributed by atoms with Gasteiger partial charge in [-0.3, -0.25) is 4.79 Å². The van der Waals surface area contributed by atoms with Crippen LogP contribution in [0.1, 0.15) is 49.7 Å². The summed E-state index contributed by atoms with van der Waals surface area (Å²) in [7, 11) is 0. The van der Waals surface area contributed by atoms with Crippen LogP contribution in [0.5, 0.6) is 0 Å². The number of hydrogen-bond donors (Lipinski definition) is 0. The van der Waals surface area contributed by atoms with Crippen LogP contribution in [-0.4, -0.2) is 5.78 Å². The van der Waals surface area contributed by atoms with Gasteiger partial charge >= 0.3 is 0 Å². The second-order valence-electron chi connectivity index (χ2n) is 7.73. The molecule has 0 bridgehead atoms. The standard InChI is InChI=1S/C28H22O/c29-28-25-14-8-7-13-22(25)18-23-15-16-24(19-27(23)28)26(21-11-5-2-6-12-21)17-20-9-3-1-4-10-20/h1-16,19,26H,17-18H2. The van der Waals surface area contributed by atoms with E-state index < -0.39 is 0 Å². The Bertz CT molecular complexity index is 1160. The first-order valence-electron chi connectivity index (χ1n) is 10.1. The van der Waals surface area contributed by atoms with Crippen molar-refractivity contribution in [2.75, 3.05) is 0 Å². The molecule has 0 fully saturated rings. The van der Waals surface area contributed by atoms with Crippen molar-refractivity contribution in [1.29, 1.82) is 0 Å². The number of hydrogen-bond acceptors (Lipinski definition) is 1. The van der Waals surface area contributed by atoms with E-state index in [1.165, 1.54) is 16.7 Å². The lowest BCUT2D eigenvalue weighted by Gasteiger charge is -2.23. The van der Waals surface area contributed by atoms with Crippen molar-refractivity contribution < 1.29 is 4.79 Å². The number of fused-ring (bicyclic) bond motifs is 2. The van der Waals surface area contributed by atoms with Gasteiger partial charge in [-0.15, -0.1) is 0 Å². The fraction of sp³-hybridized carbons (Fsp3) is 0.107. The van der Waals surface area contributed by atoms with Gasteiger partial charge in [0.2, 0.25) is 0 Å². The fourth-order valence-electron chi connectivity index (χ4n) is 4.39. The van der Waals surface area contributed by atoms with Crippen LogP contribution in [-0.2, 0) is 12.8 Å². The monoisotopic (exact) mass is 374 g/mol. The zero-order valence-corrected chi connectivity index (χ0v) is 16.2. The minimum absolute atomic E-state index is 0.148. The van der Waals surface area contributed by atoms with Crippen molar-refractivity contribution in [3.05, 3.63) is 142 Å². The normalized spacial score (nSPS) is 13.4. The molecule has 0 spiro atoms. The number of carbonyl (C=O) groups excluding carboxylic acids is 1. The number of rotatable bonds is 4. The Labute approximate surface area is 171 Å². The lowest BCUT2D eigenvalue weighted by Crippen LogP contribution is -2.16. The summed E-state index contributed by atoms with van der Waals surface area (Å²) in [6.07, 6.45) is 1.74. The van der Waals surface area contributed by atoms with Crippen LogP contribution in [0.15, 0.2) is 103 Å². The maximum atomic E-state index is 13.2. The second kappa shape index (κ2) is 7.52. The number of benzene rings is 4. The van der Waals surface area contributed by atoms with Gasteiger partial charge in [-0.05, 0) is 46.7 Å². The zero-order chi connectivity index (χ0) is 19.6. The molecule has 140 valence electrons. The van der Waals surface area contributed by atoms with Gasteiger partial charge in [0.1, 0.15) is 0 Å². The lowest BCUT2D eigenvalue weighted by atomic mass is 9.80. The van der Waals surface area contributed by atoms with Gasteiger partial charge in [0.25, 0.3) is 0 Å². The van der Waals surface area contributed by atoms with Crippen LogP contribution in [0, 0.1) is 0 Å². The Morgan fingerprint density at radius 3 is 2.07 bits per heavy atom. The zero-order valence-electron chi connectivity index (χ0n) is 16.2. The summed E-state index contributed by atoms with van der Waals surface area (Å²) in [5.74, 6) is 0.365. The molecule has 0 N–H and O–H groups in total. The molecule has 0 saturated heterocycles. The van der Waals surface area contributed by atoms with Crippen LogP contribution >= 0.6 is 0 Å². The molecule has 0 aromatic heterocycles. The van der Waals surface area contributed by atoms with Crippen LogP contribution in [0.2, 0.25) is 0 Å². The molecule has 4 aromatic rings. The minimum atomic E-state index is 0.148. The average Bonchev–Trinajstić information content (AvgIpc) is 2.79. The van der Waals surface area contributed by atoms with Gasteiger partial charge in [-0.2, -0.15) is 0 Å². The highest BCUT2D eigenvalue weighted by Gasteiger charge is 2.25. The van der Waals surface area contributed by atoms with E-state index in [2.05, 4.69) is 84.9 Å². The first-order chi connectivity index (χ1) is 14.3. The summed E-state index contributed by atoms with van der Waals surface area (Å²) in [5.41, 5.74) is 7.74. The smallest absolute Gasteiger partial charge is 0.193 e. The molecule has 1 aliphatic carbocycles. The molecule has 0 heterocycles. The van der Waals surface area contributed by atoms with E-state index in [4.69, 9.17) is 0 Å². The molecule has 1 heteroatoms. The van der Waals surface area contributed by atoms with E-state index >= 15 is 0 Å². The van der Waals surface area contributed by atoms with Crippen LogP contribution in [0.25, 0.3) is 0 Å². The fourth-order valence-corrected chi connectivity index (χ4v) is 4.39. The molecular formula is C28H22O. The predicted octanol–water partition coefficient (Wildman–Crippen LogP) is 6.20. The summed E-state index contributed by atoms with van der Waals surface area (Å²) in [5, 5.41) is 0. The van der Waals surface area contributed by atoms with E-state index in [-0.39, 0.29) is 11.7 Å². The maximum Gasteiger partial charge on any atom is 0.193 e. The third kappa shape index (κ3) is 3.40. The van der Waals surface area contributed by atoms with Crippen molar-refractivity contribution in [2.45, 2.75) is 18.8 Å². The quantitative estimate of drug-likeness (QED) is 0.366. The minimum Gasteiger partial charge on any atom is -0.289 e. The molecule has 0 amide bonds. The van der Waals surface area contributed by atoms with E-state index in [0.717, 1.165) is 35.1 Å². The summed E-state index contributed by atoms with van der Waals surface area (Å²) in [6, 6.07) is 35.7. The predicted molar refractivity (Wildman–Crippen MR) is 118 cm³/mol. The topological polar surface area (TPSA) is 17.1 Å². The summed E-state index contributed by atoms with van der Waals surface area (Å²) in [6.45, 7) is 0. The van der Waals surface area contributed by atoms with Crippen molar-refractivity contribution in [3.8, 4) is 0 Å². The Morgan fingerprint density at radius 1 is 0.621 bits per heavy atom. The Hall–Kier alpha value is -3.45. The summed E-state index contributed by atoms with van der Waals surface area (Å²) in [4.78, 5) is 13.2. The maximum absolute atomic E-state index is 13.2. The highest BCUT2D eigenvalue weighted by atomic mass is 16.1. The molecule has 1 nitrogen and oxygen atoms in total. The Balaban J connectivity index is 1.57. The highest BCUT2D eigenvalue weighted by molar-refractivity contribution is 6.12. The van der Waals surface area contributed by atoms with Crippen LogP contribution in [0.4, 0.5) is 0 Å². The molecular weight excluding hydrogens is 352 g/mol. The number of carbonyl (C=O) groups is 1. The van der Waals surface area contributed by atoms with Gasteiger partial charge < -0.3 is 0 Å². The largest absolute Gasteiger partial charge is 0.289 e. The van der Waals surface area contributed by atoms with E-state index in [1.54, 1.807) is 0 Å². The molecule has 1 aliphatic rings. The average molecular weight is 374 g/mol. The first kappa shape index (κ1) is 17.6. The molecule has 0 saturated carbocycles. The lowest BCUT2D eigenvalue weighted by molar-refractivity contribution is 0.103. The van der Waals surface area contributed by atoms with Gasteiger partial charge in [0.05, 0.1) is 0 Å². The van der Waals surface area contributed by atoms with Gasteiger partial charge in [-0.1, -0.05) is 97.1 Å². The van der Waals surface area contributed by atoms with Gasteiger partial charge in [0, 0.05) is 17.0 Å². The Kier molecular flexibility index (Phi) is 4.57. The van der Waals surface area contributed by atoms with Crippen molar-refractivity contribution >= 4 is 5.78 Å². The molecule has 1 unspecified atom stereocenters. The first-order valence-corrected chi connectivity index (χ1v) is 10.1. The van der Waals surface area contributed by atoms with E-state index in [1.807, 2.05) is 18.2 Å². The van der Waals surface area contributed by atoms with Crippen LogP contribution < -0.4 is 0 Å². The van der Waals surface area contributed by atoms with E-state index in [9.17, 15) is 4.79 Å². The summed E-state index contributed by atoms with van der Waals surface area (Å²) >= 11 is 0. The Morgan fingerprint density at radius 2 is 1.28 bits per heavy atom. The van der Waals surface area contributed by atoms with Crippen molar-refractivity contribution in [2.24, 2.45) is 0 Å². The molecule has 5 rings (SSSR count). The SMILES string of the molecule is O=C1c2ccccc2Cc2ccc(C(Cc3ccccc3)c3ccccc3)cc21. The summed E-state index contributed by atoms with van der Waals surface area (Å²) < 4.78 is 0. The molecule has 1 atom stereocenters. The second-order valence-corrected chi connectivity index (χ2v) is 7.73. The number of ketones is 1. The van der Waals surface area contributed by atoms with E-state index in [0.29, 0.717) is 0 Å².